The van der Waals surface area contributed by atoms with Gasteiger partial charge in [-0.3, -0.25) is 9.59 Å². The molecule has 0 saturated heterocycles. The van der Waals surface area contributed by atoms with Crippen LogP contribution in [-0.2, 0) is 6.54 Å². The van der Waals surface area contributed by atoms with Crippen LogP contribution in [0.4, 0.5) is 5.69 Å². The Kier molecular flexibility index (Phi) is 5.55. The fourth-order valence-electron chi connectivity index (χ4n) is 3.51. The molecule has 0 bridgehead atoms. The summed E-state index contributed by atoms with van der Waals surface area (Å²) >= 11 is 6.31. The smallest absolute Gasteiger partial charge is 0.261 e. The lowest BCUT2D eigenvalue weighted by atomic mass is 10.1. The summed E-state index contributed by atoms with van der Waals surface area (Å²) < 4.78 is 18.6. The van der Waals surface area contributed by atoms with Crippen LogP contribution in [0.25, 0.3) is 10.9 Å². The molecule has 2 heterocycles. The Morgan fingerprint density at radius 3 is 2.77 bits per heavy atom. The summed E-state index contributed by atoms with van der Waals surface area (Å²) in [4.78, 5) is 26.2. The van der Waals surface area contributed by atoms with Gasteiger partial charge in [0.1, 0.15) is 29.4 Å². The van der Waals surface area contributed by atoms with Crippen LogP contribution in [0.15, 0.2) is 41.3 Å². The van der Waals surface area contributed by atoms with E-state index in [0.29, 0.717) is 54.8 Å². The number of aromatic nitrogens is 1. The molecule has 0 saturated carbocycles. The first-order chi connectivity index (χ1) is 14.5. The minimum absolute atomic E-state index is 0.00675. The lowest BCUT2D eigenvalue weighted by molar-refractivity contribution is 0.102. The molecule has 30 heavy (non-hydrogen) atoms. The normalized spacial score (nSPS) is 12.4. The Hall–Kier alpha value is -3.19. The third-order valence-electron chi connectivity index (χ3n) is 4.78. The number of hydrogen-bond donors (Lipinski definition) is 1. The SMILES string of the molecule is CCOc1ccc(OCC)c(NC(=O)c2cn3c4c(ccc(Cl)c4c2=O)OCC3)c1. The Morgan fingerprint density at radius 2 is 2.00 bits per heavy atom. The van der Waals surface area contributed by atoms with Crippen molar-refractivity contribution in [2.24, 2.45) is 0 Å². The Bertz CT molecular complexity index is 1190. The van der Waals surface area contributed by atoms with Crippen LogP contribution in [0, 0.1) is 0 Å². The molecular formula is C22H21ClN2O5. The second kappa shape index (κ2) is 8.28. The molecular weight excluding hydrogens is 408 g/mol. The maximum Gasteiger partial charge on any atom is 0.261 e. The maximum atomic E-state index is 13.1. The average molecular weight is 429 g/mol. The predicted molar refractivity (Wildman–Crippen MR) is 115 cm³/mol. The van der Waals surface area contributed by atoms with E-state index in [0.717, 1.165) is 0 Å². The molecule has 0 spiro atoms. The van der Waals surface area contributed by atoms with Gasteiger partial charge in [0, 0.05) is 12.3 Å². The van der Waals surface area contributed by atoms with E-state index in [4.69, 9.17) is 25.8 Å². The average Bonchev–Trinajstić information content (AvgIpc) is 2.73. The van der Waals surface area contributed by atoms with Crippen molar-refractivity contribution in [3.05, 3.63) is 57.3 Å². The molecule has 0 unspecified atom stereocenters. The summed E-state index contributed by atoms with van der Waals surface area (Å²) in [6.45, 7) is 5.59. The van der Waals surface area contributed by atoms with Crippen molar-refractivity contribution < 1.29 is 19.0 Å². The number of carbonyl (C=O) groups excluding carboxylic acids is 1. The number of ether oxygens (including phenoxy) is 3. The highest BCUT2D eigenvalue weighted by Crippen LogP contribution is 2.33. The number of anilines is 1. The standard InChI is InChI=1S/C22H21ClN2O5/c1-3-28-13-5-7-17(29-4-2)16(11-13)24-22(27)14-12-25-9-10-30-18-8-6-15(23)19(20(18)25)21(14)26/h5-8,11-12H,3-4,9-10H2,1-2H3,(H,24,27). The van der Waals surface area contributed by atoms with Crippen molar-refractivity contribution in [3.63, 3.8) is 0 Å². The van der Waals surface area contributed by atoms with Crippen molar-refractivity contribution in [3.8, 4) is 17.2 Å². The van der Waals surface area contributed by atoms with Crippen LogP contribution in [-0.4, -0.2) is 30.3 Å². The minimum Gasteiger partial charge on any atom is -0.494 e. The molecule has 1 aliphatic rings. The van der Waals surface area contributed by atoms with Crippen LogP contribution >= 0.6 is 11.6 Å². The molecule has 0 fully saturated rings. The molecule has 1 aliphatic heterocycles. The van der Waals surface area contributed by atoms with Crippen molar-refractivity contribution in [2.75, 3.05) is 25.1 Å². The molecule has 3 aromatic rings. The van der Waals surface area contributed by atoms with Crippen LogP contribution < -0.4 is 25.0 Å². The minimum atomic E-state index is -0.548. The summed E-state index contributed by atoms with van der Waals surface area (Å²) in [6.07, 6.45) is 1.55. The highest BCUT2D eigenvalue weighted by molar-refractivity contribution is 6.35. The molecule has 0 radical (unpaired) electrons. The summed E-state index contributed by atoms with van der Waals surface area (Å²) in [6, 6.07) is 8.50. The number of nitrogens with one attached hydrogen (secondary N) is 1. The van der Waals surface area contributed by atoms with Gasteiger partial charge in [-0.1, -0.05) is 11.6 Å². The van der Waals surface area contributed by atoms with Gasteiger partial charge in [-0.25, -0.2) is 0 Å². The Labute approximate surface area is 178 Å². The van der Waals surface area contributed by atoms with Gasteiger partial charge in [-0.15, -0.1) is 0 Å². The van der Waals surface area contributed by atoms with Crippen molar-refractivity contribution >= 4 is 34.1 Å². The number of benzene rings is 2. The van der Waals surface area contributed by atoms with Gasteiger partial charge in [0.15, 0.2) is 0 Å². The largest absolute Gasteiger partial charge is 0.494 e. The van der Waals surface area contributed by atoms with Crippen molar-refractivity contribution in [1.29, 1.82) is 0 Å². The molecule has 0 aliphatic carbocycles. The number of nitrogens with zero attached hydrogens (tertiary/aromatic N) is 1. The number of pyridine rings is 1. The quantitative estimate of drug-likeness (QED) is 0.639. The lowest BCUT2D eigenvalue weighted by Gasteiger charge is -2.22. The van der Waals surface area contributed by atoms with E-state index in [1.165, 1.54) is 0 Å². The fourth-order valence-corrected chi connectivity index (χ4v) is 3.74. The second-order valence-electron chi connectivity index (χ2n) is 6.66. The van der Waals surface area contributed by atoms with E-state index in [-0.39, 0.29) is 16.0 Å². The topological polar surface area (TPSA) is 78.8 Å². The number of hydrogen-bond acceptors (Lipinski definition) is 5. The van der Waals surface area contributed by atoms with Gasteiger partial charge in [0.2, 0.25) is 5.43 Å². The van der Waals surface area contributed by atoms with Crippen LogP contribution in [0.1, 0.15) is 24.2 Å². The van der Waals surface area contributed by atoms with Gasteiger partial charge in [0.05, 0.1) is 41.4 Å². The Morgan fingerprint density at radius 1 is 1.20 bits per heavy atom. The zero-order chi connectivity index (χ0) is 21.3. The van der Waals surface area contributed by atoms with Gasteiger partial charge >= 0.3 is 0 Å². The highest BCUT2D eigenvalue weighted by atomic mass is 35.5. The van der Waals surface area contributed by atoms with Crippen LogP contribution in [0.3, 0.4) is 0 Å². The van der Waals surface area contributed by atoms with Gasteiger partial charge in [0.25, 0.3) is 5.91 Å². The summed E-state index contributed by atoms with van der Waals surface area (Å²) in [5.74, 6) is 1.11. The zero-order valence-electron chi connectivity index (χ0n) is 16.7. The Balaban J connectivity index is 1.78. The van der Waals surface area contributed by atoms with E-state index < -0.39 is 11.3 Å². The summed E-state index contributed by atoms with van der Waals surface area (Å²) in [5, 5.41) is 3.34. The summed E-state index contributed by atoms with van der Waals surface area (Å²) in [7, 11) is 0. The van der Waals surface area contributed by atoms with E-state index in [1.54, 1.807) is 36.5 Å². The van der Waals surface area contributed by atoms with Crippen molar-refractivity contribution in [2.45, 2.75) is 20.4 Å². The third kappa shape index (κ3) is 3.57. The van der Waals surface area contributed by atoms with Gasteiger partial charge in [-0.05, 0) is 38.1 Å². The van der Waals surface area contributed by atoms with E-state index in [1.807, 2.05) is 18.4 Å². The molecule has 4 rings (SSSR count). The monoisotopic (exact) mass is 428 g/mol. The van der Waals surface area contributed by atoms with E-state index in [9.17, 15) is 9.59 Å². The first kappa shape index (κ1) is 20.1. The van der Waals surface area contributed by atoms with Crippen LogP contribution in [0.5, 0.6) is 17.2 Å². The van der Waals surface area contributed by atoms with E-state index >= 15 is 0 Å². The number of halogens is 1. The number of rotatable bonds is 6. The summed E-state index contributed by atoms with van der Waals surface area (Å²) in [5.41, 5.74) is 0.570. The number of amides is 1. The third-order valence-corrected chi connectivity index (χ3v) is 5.09. The first-order valence-corrected chi connectivity index (χ1v) is 10.1. The van der Waals surface area contributed by atoms with Crippen molar-refractivity contribution in [1.82, 2.24) is 4.57 Å². The molecule has 1 aromatic heterocycles. The lowest BCUT2D eigenvalue weighted by Crippen LogP contribution is -2.27. The first-order valence-electron chi connectivity index (χ1n) is 9.73. The van der Waals surface area contributed by atoms with E-state index in [2.05, 4.69) is 5.32 Å². The number of carbonyl (C=O) groups is 1. The maximum absolute atomic E-state index is 13.1. The molecule has 8 heteroatoms. The second-order valence-corrected chi connectivity index (χ2v) is 7.07. The fraction of sp³-hybridized carbons (Fsp3) is 0.273. The van der Waals surface area contributed by atoms with Gasteiger partial charge < -0.3 is 24.1 Å². The molecule has 1 amide bonds. The van der Waals surface area contributed by atoms with Crippen LogP contribution in [0.2, 0.25) is 5.02 Å². The molecule has 7 nitrogen and oxygen atoms in total. The molecule has 0 atom stereocenters. The highest BCUT2D eigenvalue weighted by Gasteiger charge is 2.23. The predicted octanol–water partition coefficient (Wildman–Crippen LogP) is 4.10. The molecule has 2 aromatic carbocycles. The van der Waals surface area contributed by atoms with Gasteiger partial charge in [-0.2, -0.15) is 0 Å². The molecule has 156 valence electrons. The molecule has 1 N–H and O–H groups in total. The zero-order valence-corrected chi connectivity index (χ0v) is 17.4.